The smallest absolute Gasteiger partial charge is 0.312 e. The van der Waals surface area contributed by atoms with E-state index >= 15 is 0 Å². The van der Waals surface area contributed by atoms with Crippen LogP contribution in [0.3, 0.4) is 0 Å². The molecule has 2 aromatic rings. The van der Waals surface area contributed by atoms with Gasteiger partial charge >= 0.3 is 5.97 Å². The number of rotatable bonds is 4. The number of cyclic esters (lactones) is 1. The fraction of sp³-hybridized carbons (Fsp3) is 0.316. The quantitative estimate of drug-likeness (QED) is 0.875. The monoisotopic (exact) mass is 326 g/mol. The fourth-order valence-electron chi connectivity index (χ4n) is 3.38. The van der Waals surface area contributed by atoms with Crippen LogP contribution in [0.2, 0.25) is 0 Å². The first kappa shape index (κ1) is 15.0. The predicted octanol–water partition coefficient (Wildman–Crippen LogP) is 2.48. The molecule has 2 aliphatic rings. The van der Waals surface area contributed by atoms with Gasteiger partial charge in [0.25, 0.3) is 0 Å². The second kappa shape index (κ2) is 6.17. The lowest BCUT2D eigenvalue weighted by Gasteiger charge is -2.21. The van der Waals surface area contributed by atoms with E-state index < -0.39 is 12.0 Å². The van der Waals surface area contributed by atoms with Crippen molar-refractivity contribution >= 4 is 5.97 Å². The van der Waals surface area contributed by atoms with E-state index in [4.69, 9.17) is 14.2 Å². The van der Waals surface area contributed by atoms with Crippen molar-refractivity contribution in [3.05, 3.63) is 59.7 Å². The summed E-state index contributed by atoms with van der Waals surface area (Å²) in [5.41, 5.74) is 1.77. The summed E-state index contributed by atoms with van der Waals surface area (Å²) in [6.45, 7) is 0.557. The van der Waals surface area contributed by atoms with Gasteiger partial charge in [0, 0.05) is 5.92 Å². The molecule has 2 aromatic carbocycles. The molecule has 3 atom stereocenters. The first-order valence-corrected chi connectivity index (χ1v) is 8.00. The Kier molecular flexibility index (Phi) is 3.86. The molecule has 0 saturated carbocycles. The zero-order chi connectivity index (χ0) is 16.5. The normalized spacial score (nSPS) is 23.1. The fourth-order valence-corrected chi connectivity index (χ4v) is 3.38. The van der Waals surface area contributed by atoms with Gasteiger partial charge in [0.2, 0.25) is 6.79 Å². The number of esters is 1. The molecule has 0 radical (unpaired) electrons. The predicted molar refractivity (Wildman–Crippen MR) is 85.6 cm³/mol. The lowest BCUT2D eigenvalue weighted by atomic mass is 9.83. The largest absolute Gasteiger partial charge is 0.465 e. The molecular weight excluding hydrogens is 308 g/mol. The summed E-state index contributed by atoms with van der Waals surface area (Å²) in [6, 6.07) is 15.0. The second-order valence-corrected chi connectivity index (χ2v) is 6.16. The van der Waals surface area contributed by atoms with Crippen molar-refractivity contribution in [1.82, 2.24) is 0 Å². The summed E-state index contributed by atoms with van der Waals surface area (Å²) < 4.78 is 15.9. The second-order valence-electron chi connectivity index (χ2n) is 6.16. The van der Waals surface area contributed by atoms with Crippen LogP contribution in [0.4, 0.5) is 0 Å². The first-order chi connectivity index (χ1) is 11.7. The number of carbonyl (C=O) groups excluding carboxylic acids is 1. The summed E-state index contributed by atoms with van der Waals surface area (Å²) in [6.07, 6.45) is -0.225. The van der Waals surface area contributed by atoms with Crippen molar-refractivity contribution < 1.29 is 24.1 Å². The maximum Gasteiger partial charge on any atom is 0.312 e. The minimum Gasteiger partial charge on any atom is -0.465 e. The van der Waals surface area contributed by atoms with Gasteiger partial charge < -0.3 is 19.3 Å². The van der Waals surface area contributed by atoms with Gasteiger partial charge in [-0.25, -0.2) is 0 Å². The third kappa shape index (κ3) is 2.71. The van der Waals surface area contributed by atoms with Gasteiger partial charge in [-0.05, 0) is 29.7 Å². The van der Waals surface area contributed by atoms with Crippen LogP contribution in [-0.4, -0.2) is 24.5 Å². The molecule has 0 aliphatic carbocycles. The van der Waals surface area contributed by atoms with Crippen LogP contribution in [0.25, 0.3) is 0 Å². The molecule has 2 aliphatic heterocycles. The van der Waals surface area contributed by atoms with Crippen LogP contribution in [0, 0.1) is 11.8 Å². The molecular formula is C19H18O5. The Bertz CT molecular complexity index is 743. The highest BCUT2D eigenvalue weighted by atomic mass is 16.7. The topological polar surface area (TPSA) is 65.0 Å². The summed E-state index contributed by atoms with van der Waals surface area (Å²) in [5.74, 6) is 0.485. The number of hydrogen-bond donors (Lipinski definition) is 1. The summed E-state index contributed by atoms with van der Waals surface area (Å²) in [4.78, 5) is 12.1. The van der Waals surface area contributed by atoms with Gasteiger partial charge in [0.05, 0.1) is 18.6 Å². The van der Waals surface area contributed by atoms with Crippen molar-refractivity contribution in [1.29, 1.82) is 0 Å². The molecule has 0 aromatic heterocycles. The van der Waals surface area contributed by atoms with Crippen LogP contribution < -0.4 is 9.47 Å². The number of carbonyl (C=O) groups is 1. The van der Waals surface area contributed by atoms with Crippen molar-refractivity contribution in [2.24, 2.45) is 11.8 Å². The molecule has 1 fully saturated rings. The molecule has 2 heterocycles. The molecule has 5 heteroatoms. The first-order valence-electron chi connectivity index (χ1n) is 8.00. The van der Waals surface area contributed by atoms with E-state index in [1.165, 1.54) is 0 Å². The molecule has 1 saturated heterocycles. The highest BCUT2D eigenvalue weighted by Gasteiger charge is 2.42. The zero-order valence-corrected chi connectivity index (χ0v) is 13.1. The van der Waals surface area contributed by atoms with E-state index in [9.17, 15) is 9.90 Å². The molecule has 24 heavy (non-hydrogen) atoms. The van der Waals surface area contributed by atoms with Gasteiger partial charge in [-0.15, -0.1) is 0 Å². The van der Waals surface area contributed by atoms with Crippen LogP contribution in [0.5, 0.6) is 11.5 Å². The average Bonchev–Trinajstić information content (AvgIpc) is 3.21. The van der Waals surface area contributed by atoms with Gasteiger partial charge in [0.1, 0.15) is 0 Å². The van der Waals surface area contributed by atoms with Crippen LogP contribution in [0.1, 0.15) is 17.2 Å². The zero-order valence-electron chi connectivity index (χ0n) is 13.1. The maximum absolute atomic E-state index is 12.1. The van der Waals surface area contributed by atoms with Gasteiger partial charge in [0.15, 0.2) is 11.5 Å². The van der Waals surface area contributed by atoms with E-state index in [2.05, 4.69) is 0 Å². The summed E-state index contributed by atoms with van der Waals surface area (Å²) in [5, 5.41) is 10.6. The minimum atomic E-state index is -0.861. The van der Waals surface area contributed by atoms with Crippen molar-refractivity contribution in [2.75, 3.05) is 13.4 Å². The molecule has 0 bridgehead atoms. The van der Waals surface area contributed by atoms with E-state index in [0.29, 0.717) is 13.0 Å². The maximum atomic E-state index is 12.1. The lowest BCUT2D eigenvalue weighted by molar-refractivity contribution is -0.144. The lowest BCUT2D eigenvalue weighted by Crippen LogP contribution is -2.25. The third-order valence-corrected chi connectivity index (χ3v) is 4.64. The number of aliphatic hydroxyl groups excluding tert-OH is 1. The molecule has 1 N–H and O–H groups in total. The molecule has 124 valence electrons. The van der Waals surface area contributed by atoms with E-state index in [1.54, 1.807) is 0 Å². The van der Waals surface area contributed by atoms with Gasteiger partial charge in [-0.2, -0.15) is 0 Å². The van der Waals surface area contributed by atoms with E-state index in [0.717, 1.165) is 22.6 Å². The molecule has 0 amide bonds. The third-order valence-electron chi connectivity index (χ3n) is 4.64. The molecule has 5 nitrogen and oxygen atoms in total. The van der Waals surface area contributed by atoms with Crippen molar-refractivity contribution in [2.45, 2.75) is 12.5 Å². The molecule has 0 spiro atoms. The highest BCUT2D eigenvalue weighted by Crippen LogP contribution is 2.38. The standard InChI is InChI=1S/C19H18O5/c20-18(13-4-2-1-3-5-13)17-14(10-22-19(17)21)8-12-6-7-15-16(9-12)24-11-23-15/h1-7,9,14,17-18,20H,8,10-11H2/t14-,17-,18?/m0/s1. The van der Waals surface area contributed by atoms with E-state index in [-0.39, 0.29) is 18.7 Å². The number of fused-ring (bicyclic) bond motifs is 1. The van der Waals surface area contributed by atoms with E-state index in [1.807, 2.05) is 48.5 Å². The SMILES string of the molecule is O=C1OC[C@H](Cc2ccc3c(c2)OCO3)[C@H]1C(O)c1ccccc1. The average molecular weight is 326 g/mol. The van der Waals surface area contributed by atoms with Crippen LogP contribution in [0.15, 0.2) is 48.5 Å². The number of benzene rings is 2. The van der Waals surface area contributed by atoms with Gasteiger partial charge in [-0.3, -0.25) is 4.79 Å². The summed E-state index contributed by atoms with van der Waals surface area (Å²) >= 11 is 0. The Morgan fingerprint density at radius 3 is 2.67 bits per heavy atom. The number of hydrogen-bond acceptors (Lipinski definition) is 5. The Morgan fingerprint density at radius 1 is 1.04 bits per heavy atom. The van der Waals surface area contributed by atoms with Gasteiger partial charge in [-0.1, -0.05) is 36.4 Å². The highest BCUT2D eigenvalue weighted by molar-refractivity contribution is 5.75. The van der Waals surface area contributed by atoms with Crippen molar-refractivity contribution in [3.8, 4) is 11.5 Å². The Morgan fingerprint density at radius 2 is 1.83 bits per heavy atom. The number of aliphatic hydroxyl groups is 1. The Hall–Kier alpha value is -2.53. The van der Waals surface area contributed by atoms with Crippen LogP contribution in [-0.2, 0) is 16.0 Å². The van der Waals surface area contributed by atoms with Crippen molar-refractivity contribution in [3.63, 3.8) is 0 Å². The molecule has 1 unspecified atom stereocenters. The summed E-state index contributed by atoms with van der Waals surface area (Å²) in [7, 11) is 0. The number of ether oxygens (including phenoxy) is 3. The Balaban J connectivity index is 1.54. The van der Waals surface area contributed by atoms with Crippen LogP contribution >= 0.6 is 0 Å². The minimum absolute atomic E-state index is 0.0759. The Labute approximate surface area is 139 Å². The molecule has 4 rings (SSSR count).